The van der Waals surface area contributed by atoms with Gasteiger partial charge in [-0.2, -0.15) is 0 Å². The highest BCUT2D eigenvalue weighted by atomic mass is 32.1. The number of benzene rings is 1. The molecule has 0 amide bonds. The van der Waals surface area contributed by atoms with Gasteiger partial charge in [0.05, 0.1) is 12.1 Å². The fourth-order valence-corrected chi connectivity index (χ4v) is 2.86. The topological polar surface area (TPSA) is 20.3 Å². The van der Waals surface area contributed by atoms with E-state index in [4.69, 9.17) is 0 Å². The summed E-state index contributed by atoms with van der Waals surface area (Å²) in [6, 6.07) is 10.5. The first kappa shape index (κ1) is 14.9. The zero-order valence-corrected chi connectivity index (χ0v) is 12.5. The SMILES string of the molecule is CC(Cc1cccs1)N(C)CC(=O)c1ccccc1F. The predicted octanol–water partition coefficient (Wildman–Crippen LogP) is 3.63. The van der Waals surface area contributed by atoms with Gasteiger partial charge in [0, 0.05) is 10.9 Å². The van der Waals surface area contributed by atoms with E-state index in [0.29, 0.717) is 0 Å². The number of carbonyl (C=O) groups is 1. The van der Waals surface area contributed by atoms with E-state index in [9.17, 15) is 9.18 Å². The minimum Gasteiger partial charge on any atom is -0.296 e. The summed E-state index contributed by atoms with van der Waals surface area (Å²) in [5.74, 6) is -0.625. The van der Waals surface area contributed by atoms with Gasteiger partial charge in [0.15, 0.2) is 5.78 Å². The van der Waals surface area contributed by atoms with Gasteiger partial charge in [-0.25, -0.2) is 4.39 Å². The van der Waals surface area contributed by atoms with Gasteiger partial charge in [-0.3, -0.25) is 9.69 Å². The Morgan fingerprint density at radius 3 is 2.70 bits per heavy atom. The van der Waals surface area contributed by atoms with Crippen molar-refractivity contribution in [3.8, 4) is 0 Å². The predicted molar refractivity (Wildman–Crippen MR) is 80.8 cm³/mol. The number of rotatable bonds is 6. The zero-order valence-electron chi connectivity index (χ0n) is 11.7. The molecule has 2 nitrogen and oxygen atoms in total. The average Bonchev–Trinajstić information content (AvgIpc) is 2.91. The minimum absolute atomic E-state index is 0.169. The Morgan fingerprint density at radius 2 is 2.05 bits per heavy atom. The number of hydrogen-bond donors (Lipinski definition) is 0. The highest BCUT2D eigenvalue weighted by Gasteiger charge is 2.17. The molecular weight excluding hydrogens is 273 g/mol. The van der Waals surface area contributed by atoms with Crippen LogP contribution in [0.25, 0.3) is 0 Å². The van der Waals surface area contributed by atoms with E-state index in [1.807, 2.05) is 23.4 Å². The van der Waals surface area contributed by atoms with Crippen molar-refractivity contribution in [1.29, 1.82) is 0 Å². The molecule has 1 atom stereocenters. The van der Waals surface area contributed by atoms with Gasteiger partial charge in [0.2, 0.25) is 0 Å². The van der Waals surface area contributed by atoms with Crippen LogP contribution in [0, 0.1) is 5.82 Å². The third-order valence-corrected chi connectivity index (χ3v) is 4.30. The van der Waals surface area contributed by atoms with E-state index in [-0.39, 0.29) is 23.9 Å². The van der Waals surface area contributed by atoms with Crippen molar-refractivity contribution >= 4 is 17.1 Å². The van der Waals surface area contributed by atoms with Crippen molar-refractivity contribution in [2.24, 2.45) is 0 Å². The molecule has 1 aromatic carbocycles. The van der Waals surface area contributed by atoms with Crippen LogP contribution in [-0.2, 0) is 6.42 Å². The smallest absolute Gasteiger partial charge is 0.179 e. The molecule has 1 aromatic heterocycles. The van der Waals surface area contributed by atoms with Crippen LogP contribution in [0.5, 0.6) is 0 Å². The number of nitrogens with zero attached hydrogens (tertiary/aromatic N) is 1. The van der Waals surface area contributed by atoms with Gasteiger partial charge >= 0.3 is 0 Å². The summed E-state index contributed by atoms with van der Waals surface area (Å²) in [5.41, 5.74) is 0.169. The van der Waals surface area contributed by atoms with Crippen LogP contribution in [0.2, 0.25) is 0 Å². The molecule has 106 valence electrons. The van der Waals surface area contributed by atoms with Gasteiger partial charge in [-0.15, -0.1) is 11.3 Å². The molecule has 4 heteroatoms. The lowest BCUT2D eigenvalue weighted by atomic mass is 10.1. The molecule has 0 fully saturated rings. The molecule has 2 aromatic rings. The van der Waals surface area contributed by atoms with Crippen LogP contribution in [0.3, 0.4) is 0 Å². The summed E-state index contributed by atoms with van der Waals surface area (Å²) in [7, 11) is 1.90. The summed E-state index contributed by atoms with van der Waals surface area (Å²) in [5, 5.41) is 2.05. The molecule has 1 unspecified atom stereocenters. The maximum absolute atomic E-state index is 13.6. The lowest BCUT2D eigenvalue weighted by molar-refractivity contribution is 0.0920. The van der Waals surface area contributed by atoms with Crippen molar-refractivity contribution in [1.82, 2.24) is 4.90 Å². The summed E-state index contributed by atoms with van der Waals surface area (Å²) < 4.78 is 13.6. The van der Waals surface area contributed by atoms with Crippen LogP contribution < -0.4 is 0 Å². The minimum atomic E-state index is -0.447. The molecule has 0 aliphatic carbocycles. The molecule has 2 rings (SSSR count). The molecule has 0 spiro atoms. The second-order valence-corrected chi connectivity index (χ2v) is 5.98. The largest absolute Gasteiger partial charge is 0.296 e. The quantitative estimate of drug-likeness (QED) is 0.757. The molecule has 0 saturated carbocycles. The fourth-order valence-electron chi connectivity index (χ4n) is 2.03. The monoisotopic (exact) mass is 291 g/mol. The van der Waals surface area contributed by atoms with E-state index in [2.05, 4.69) is 13.0 Å². The Bertz CT molecular complexity index is 568. The second kappa shape index (κ2) is 6.77. The lowest BCUT2D eigenvalue weighted by Gasteiger charge is -2.23. The average molecular weight is 291 g/mol. The van der Waals surface area contributed by atoms with E-state index >= 15 is 0 Å². The van der Waals surface area contributed by atoms with E-state index in [0.717, 1.165) is 6.42 Å². The van der Waals surface area contributed by atoms with Crippen LogP contribution >= 0.6 is 11.3 Å². The molecule has 0 aliphatic heterocycles. The van der Waals surface area contributed by atoms with Crippen molar-refractivity contribution in [2.75, 3.05) is 13.6 Å². The molecule has 0 saturated heterocycles. The van der Waals surface area contributed by atoms with Gasteiger partial charge in [-0.05, 0) is 44.0 Å². The van der Waals surface area contributed by atoms with Crippen LogP contribution in [0.1, 0.15) is 22.2 Å². The van der Waals surface area contributed by atoms with Crippen molar-refractivity contribution in [3.63, 3.8) is 0 Å². The highest BCUT2D eigenvalue weighted by Crippen LogP contribution is 2.14. The van der Waals surface area contributed by atoms with Gasteiger partial charge in [-0.1, -0.05) is 18.2 Å². The Morgan fingerprint density at radius 1 is 1.30 bits per heavy atom. The molecule has 1 heterocycles. The standard InChI is InChI=1S/C16H18FNOS/c1-12(10-13-6-5-9-20-13)18(2)11-16(19)14-7-3-4-8-15(14)17/h3-9,12H,10-11H2,1-2H3. The fraction of sp³-hybridized carbons (Fsp3) is 0.312. The van der Waals surface area contributed by atoms with Crippen molar-refractivity contribution in [2.45, 2.75) is 19.4 Å². The van der Waals surface area contributed by atoms with Crippen LogP contribution in [-0.4, -0.2) is 30.3 Å². The first-order valence-corrected chi connectivity index (χ1v) is 7.46. The third-order valence-electron chi connectivity index (χ3n) is 3.40. The van der Waals surface area contributed by atoms with Crippen molar-refractivity contribution < 1.29 is 9.18 Å². The maximum atomic E-state index is 13.6. The Kier molecular flexibility index (Phi) is 5.04. The summed E-state index contributed by atoms with van der Waals surface area (Å²) >= 11 is 1.71. The summed E-state index contributed by atoms with van der Waals surface area (Å²) in [6.45, 7) is 2.31. The highest BCUT2D eigenvalue weighted by molar-refractivity contribution is 7.09. The molecule has 0 radical (unpaired) electrons. The number of carbonyl (C=O) groups excluding carboxylic acids is 1. The number of thiophene rings is 1. The third kappa shape index (κ3) is 3.74. The van der Waals surface area contributed by atoms with Gasteiger partial charge in [0.1, 0.15) is 5.82 Å². The molecular formula is C16H18FNOS. The normalized spacial score (nSPS) is 12.6. The van der Waals surface area contributed by atoms with Gasteiger partial charge < -0.3 is 0 Å². The maximum Gasteiger partial charge on any atom is 0.179 e. The van der Waals surface area contributed by atoms with Crippen LogP contribution in [0.4, 0.5) is 4.39 Å². The lowest BCUT2D eigenvalue weighted by Crippen LogP contribution is -2.35. The Balaban J connectivity index is 1.95. The zero-order chi connectivity index (χ0) is 14.5. The molecule has 0 aliphatic rings. The van der Waals surface area contributed by atoms with E-state index in [1.165, 1.54) is 17.0 Å². The molecule has 0 N–H and O–H groups in total. The number of Topliss-reactive ketones (excluding diaryl/α,β-unsaturated/α-hetero) is 1. The summed E-state index contributed by atoms with van der Waals surface area (Å²) in [6.07, 6.45) is 0.902. The summed E-state index contributed by atoms with van der Waals surface area (Å²) in [4.78, 5) is 15.4. The van der Waals surface area contributed by atoms with E-state index < -0.39 is 5.82 Å². The van der Waals surface area contributed by atoms with Crippen LogP contribution in [0.15, 0.2) is 41.8 Å². The Labute approximate surface area is 122 Å². The van der Waals surface area contributed by atoms with Crippen molar-refractivity contribution in [3.05, 3.63) is 58.0 Å². The number of hydrogen-bond acceptors (Lipinski definition) is 3. The first-order chi connectivity index (χ1) is 9.58. The number of ketones is 1. The number of halogens is 1. The molecule has 0 bridgehead atoms. The van der Waals surface area contributed by atoms with E-state index in [1.54, 1.807) is 23.5 Å². The first-order valence-electron chi connectivity index (χ1n) is 6.58. The van der Waals surface area contributed by atoms with Gasteiger partial charge in [0.25, 0.3) is 0 Å². The number of likely N-dealkylation sites (N-methyl/N-ethyl adjacent to an activating group) is 1. The molecule has 20 heavy (non-hydrogen) atoms. The Hall–Kier alpha value is -1.52. The second-order valence-electron chi connectivity index (χ2n) is 4.95.